The molecule has 0 spiro atoms. The standard InChI is InChI=1S/C19H21NO3S/c1-2-13-9-16(19(22)23)11-17(10-13)20-18(21)8-7-14-5-3-4-6-15(14)12-24/h3-6,9-11,24H,2,7-8,12H2,1H3,(H,20,21)(H,22,23). The number of carboxylic acids is 1. The molecule has 2 rings (SSSR count). The van der Waals surface area contributed by atoms with Crippen LogP contribution in [0.2, 0.25) is 0 Å². The molecule has 1 amide bonds. The van der Waals surface area contributed by atoms with Crippen LogP contribution < -0.4 is 5.32 Å². The summed E-state index contributed by atoms with van der Waals surface area (Å²) < 4.78 is 0. The Labute approximate surface area is 147 Å². The summed E-state index contributed by atoms with van der Waals surface area (Å²) in [5, 5.41) is 12.0. The first-order valence-electron chi connectivity index (χ1n) is 7.88. The maximum absolute atomic E-state index is 12.2. The fourth-order valence-electron chi connectivity index (χ4n) is 2.52. The lowest BCUT2D eigenvalue weighted by molar-refractivity contribution is -0.116. The number of rotatable bonds is 7. The molecule has 0 unspecified atom stereocenters. The number of hydrogen-bond acceptors (Lipinski definition) is 3. The second-order valence-corrected chi connectivity index (χ2v) is 5.87. The molecule has 0 atom stereocenters. The molecule has 2 aromatic rings. The van der Waals surface area contributed by atoms with Crippen LogP contribution in [0, 0.1) is 0 Å². The first kappa shape index (κ1) is 18.1. The third-order valence-corrected chi connectivity index (χ3v) is 4.18. The van der Waals surface area contributed by atoms with Gasteiger partial charge in [-0.2, -0.15) is 12.6 Å². The quantitative estimate of drug-likeness (QED) is 0.667. The summed E-state index contributed by atoms with van der Waals surface area (Å²) in [7, 11) is 0. The Kier molecular flexibility index (Phi) is 6.44. The molecule has 2 aromatic carbocycles. The molecule has 4 nitrogen and oxygen atoms in total. The molecule has 0 fully saturated rings. The van der Waals surface area contributed by atoms with Crippen molar-refractivity contribution in [3.63, 3.8) is 0 Å². The number of benzene rings is 2. The van der Waals surface area contributed by atoms with E-state index in [4.69, 9.17) is 5.11 Å². The summed E-state index contributed by atoms with van der Waals surface area (Å²) in [4.78, 5) is 23.4. The van der Waals surface area contributed by atoms with Gasteiger partial charge in [0.15, 0.2) is 0 Å². The molecule has 0 heterocycles. The van der Waals surface area contributed by atoms with Crippen molar-refractivity contribution in [1.29, 1.82) is 0 Å². The summed E-state index contributed by atoms with van der Waals surface area (Å²) in [6.07, 6.45) is 1.67. The van der Waals surface area contributed by atoms with E-state index in [1.54, 1.807) is 6.07 Å². The van der Waals surface area contributed by atoms with Gasteiger partial charge in [-0.3, -0.25) is 4.79 Å². The Bertz CT molecular complexity index is 743. The number of thiol groups is 1. The van der Waals surface area contributed by atoms with Gasteiger partial charge in [0.2, 0.25) is 5.91 Å². The van der Waals surface area contributed by atoms with Crippen LogP contribution in [-0.4, -0.2) is 17.0 Å². The molecule has 24 heavy (non-hydrogen) atoms. The monoisotopic (exact) mass is 343 g/mol. The van der Waals surface area contributed by atoms with Crippen LogP contribution in [0.25, 0.3) is 0 Å². The molecule has 0 aliphatic rings. The number of hydrogen-bond donors (Lipinski definition) is 3. The average Bonchev–Trinajstić information content (AvgIpc) is 2.59. The van der Waals surface area contributed by atoms with Crippen LogP contribution in [0.5, 0.6) is 0 Å². The minimum atomic E-state index is -0.997. The number of carbonyl (C=O) groups excluding carboxylic acids is 1. The van der Waals surface area contributed by atoms with Crippen molar-refractivity contribution in [2.45, 2.75) is 31.9 Å². The van der Waals surface area contributed by atoms with E-state index in [1.807, 2.05) is 37.3 Å². The van der Waals surface area contributed by atoms with Crippen molar-refractivity contribution in [3.05, 3.63) is 64.7 Å². The van der Waals surface area contributed by atoms with E-state index >= 15 is 0 Å². The largest absolute Gasteiger partial charge is 0.478 e. The Morgan fingerprint density at radius 2 is 1.83 bits per heavy atom. The maximum atomic E-state index is 12.2. The third kappa shape index (κ3) is 4.86. The zero-order valence-corrected chi connectivity index (χ0v) is 14.5. The van der Waals surface area contributed by atoms with Crippen molar-refractivity contribution in [3.8, 4) is 0 Å². The van der Waals surface area contributed by atoms with E-state index in [2.05, 4.69) is 17.9 Å². The second-order valence-electron chi connectivity index (χ2n) is 5.55. The summed E-state index contributed by atoms with van der Waals surface area (Å²) in [6.45, 7) is 1.95. The van der Waals surface area contributed by atoms with E-state index in [9.17, 15) is 9.59 Å². The van der Waals surface area contributed by atoms with Gasteiger partial charge in [-0.25, -0.2) is 4.79 Å². The molecule has 0 aliphatic carbocycles. The summed E-state index contributed by atoms with van der Waals surface area (Å²) in [6, 6.07) is 12.8. The number of aryl methyl sites for hydroxylation is 2. The Morgan fingerprint density at radius 1 is 1.12 bits per heavy atom. The first-order valence-corrected chi connectivity index (χ1v) is 8.51. The summed E-state index contributed by atoms with van der Waals surface area (Å²) in [5.41, 5.74) is 3.82. The van der Waals surface area contributed by atoms with Gasteiger partial charge in [0.25, 0.3) is 0 Å². The maximum Gasteiger partial charge on any atom is 0.335 e. The Hall–Kier alpha value is -2.27. The lowest BCUT2D eigenvalue weighted by atomic mass is 10.0. The predicted octanol–water partition coefficient (Wildman–Crippen LogP) is 3.95. The highest BCUT2D eigenvalue weighted by Gasteiger charge is 2.10. The van der Waals surface area contributed by atoms with Crippen molar-refractivity contribution in [1.82, 2.24) is 0 Å². The highest BCUT2D eigenvalue weighted by molar-refractivity contribution is 7.79. The first-order chi connectivity index (χ1) is 11.5. The normalized spacial score (nSPS) is 10.4. The molecule has 0 saturated heterocycles. The minimum Gasteiger partial charge on any atom is -0.478 e. The van der Waals surface area contributed by atoms with Crippen LogP contribution in [0.3, 0.4) is 0 Å². The van der Waals surface area contributed by atoms with Crippen LogP contribution in [0.4, 0.5) is 5.69 Å². The second kappa shape index (κ2) is 8.55. The van der Waals surface area contributed by atoms with Gasteiger partial charge in [0.05, 0.1) is 5.56 Å². The Balaban J connectivity index is 2.04. The lowest BCUT2D eigenvalue weighted by Gasteiger charge is -2.10. The molecule has 5 heteroatoms. The fraction of sp³-hybridized carbons (Fsp3) is 0.263. The van der Waals surface area contributed by atoms with Crippen LogP contribution in [0.15, 0.2) is 42.5 Å². The lowest BCUT2D eigenvalue weighted by Crippen LogP contribution is -2.13. The molecule has 0 radical (unpaired) electrons. The number of amides is 1. The summed E-state index contributed by atoms with van der Waals surface area (Å²) >= 11 is 4.30. The Morgan fingerprint density at radius 3 is 2.46 bits per heavy atom. The molecular formula is C19H21NO3S. The van der Waals surface area contributed by atoms with Crippen LogP contribution in [-0.2, 0) is 23.4 Å². The van der Waals surface area contributed by atoms with Crippen molar-refractivity contribution >= 4 is 30.2 Å². The van der Waals surface area contributed by atoms with Gasteiger partial charge >= 0.3 is 5.97 Å². The van der Waals surface area contributed by atoms with Gasteiger partial charge in [0, 0.05) is 17.9 Å². The molecule has 0 aromatic heterocycles. The number of carboxylic acid groups (broad SMARTS) is 1. The van der Waals surface area contributed by atoms with E-state index in [-0.39, 0.29) is 11.5 Å². The third-order valence-electron chi connectivity index (χ3n) is 3.84. The molecule has 2 N–H and O–H groups in total. The topological polar surface area (TPSA) is 66.4 Å². The predicted molar refractivity (Wildman–Crippen MR) is 98.9 cm³/mol. The summed E-state index contributed by atoms with van der Waals surface area (Å²) in [5.74, 6) is -0.491. The van der Waals surface area contributed by atoms with Gasteiger partial charge in [-0.1, -0.05) is 31.2 Å². The number of anilines is 1. The van der Waals surface area contributed by atoms with Crippen molar-refractivity contribution in [2.24, 2.45) is 0 Å². The number of carbonyl (C=O) groups is 2. The van der Waals surface area contributed by atoms with Gasteiger partial charge in [-0.05, 0) is 47.7 Å². The van der Waals surface area contributed by atoms with E-state index in [0.29, 0.717) is 30.7 Å². The number of aromatic carboxylic acids is 1. The molecule has 0 aliphatic heterocycles. The van der Waals surface area contributed by atoms with Gasteiger partial charge in [-0.15, -0.1) is 0 Å². The van der Waals surface area contributed by atoms with E-state index in [0.717, 1.165) is 16.7 Å². The zero-order chi connectivity index (χ0) is 17.5. The zero-order valence-electron chi connectivity index (χ0n) is 13.6. The SMILES string of the molecule is CCc1cc(NC(=O)CCc2ccccc2CS)cc(C(=O)O)c1. The van der Waals surface area contributed by atoms with E-state index in [1.165, 1.54) is 6.07 Å². The van der Waals surface area contributed by atoms with Crippen molar-refractivity contribution < 1.29 is 14.7 Å². The molecule has 0 saturated carbocycles. The molecule has 0 bridgehead atoms. The van der Waals surface area contributed by atoms with Crippen LogP contribution in [0.1, 0.15) is 40.4 Å². The average molecular weight is 343 g/mol. The van der Waals surface area contributed by atoms with E-state index < -0.39 is 5.97 Å². The fourth-order valence-corrected chi connectivity index (χ4v) is 2.83. The molecule has 126 valence electrons. The molecular weight excluding hydrogens is 322 g/mol. The van der Waals surface area contributed by atoms with Gasteiger partial charge in [0.1, 0.15) is 0 Å². The highest BCUT2D eigenvalue weighted by atomic mass is 32.1. The van der Waals surface area contributed by atoms with Crippen molar-refractivity contribution in [2.75, 3.05) is 5.32 Å². The minimum absolute atomic E-state index is 0.131. The smallest absolute Gasteiger partial charge is 0.335 e. The van der Waals surface area contributed by atoms with Crippen LogP contribution >= 0.6 is 12.6 Å². The van der Waals surface area contributed by atoms with Gasteiger partial charge < -0.3 is 10.4 Å². The number of nitrogens with one attached hydrogen (secondary N) is 1. The highest BCUT2D eigenvalue weighted by Crippen LogP contribution is 2.17.